The van der Waals surface area contributed by atoms with Crippen LogP contribution >= 0.6 is 11.3 Å². The highest BCUT2D eigenvalue weighted by Crippen LogP contribution is 2.37. The molecular formula is C20H20N2O5S. The number of thiophene rings is 1. The van der Waals surface area contributed by atoms with Crippen LogP contribution in [0.2, 0.25) is 0 Å². The summed E-state index contributed by atoms with van der Waals surface area (Å²) in [5.41, 5.74) is 2.36. The molecule has 0 radical (unpaired) electrons. The van der Waals surface area contributed by atoms with Gasteiger partial charge < -0.3 is 24.5 Å². The summed E-state index contributed by atoms with van der Waals surface area (Å²) in [5.74, 6) is 0.0930. The fourth-order valence-corrected chi connectivity index (χ4v) is 3.32. The van der Waals surface area contributed by atoms with E-state index in [0.717, 1.165) is 5.56 Å². The third-order valence-corrected chi connectivity index (χ3v) is 4.82. The van der Waals surface area contributed by atoms with Crippen molar-refractivity contribution >= 4 is 28.8 Å². The van der Waals surface area contributed by atoms with Gasteiger partial charge in [-0.05, 0) is 47.5 Å². The van der Waals surface area contributed by atoms with Crippen LogP contribution in [0.15, 0.2) is 45.7 Å². The minimum Gasteiger partial charge on any atom is -0.493 e. The zero-order valence-corrected chi connectivity index (χ0v) is 16.5. The lowest BCUT2D eigenvalue weighted by Crippen LogP contribution is -2.23. The molecule has 146 valence electrons. The summed E-state index contributed by atoms with van der Waals surface area (Å²) >= 11 is 1.56. The number of nitrogens with one attached hydrogen (secondary N) is 2. The van der Waals surface area contributed by atoms with E-state index in [9.17, 15) is 9.59 Å². The quantitative estimate of drug-likeness (QED) is 0.629. The number of carbonyl (C=O) groups is 2. The lowest BCUT2D eigenvalue weighted by atomic mass is 10.1. The number of hydrogen-bond donors (Lipinski definition) is 2. The second kappa shape index (κ2) is 8.62. The molecule has 3 aromatic rings. The van der Waals surface area contributed by atoms with Gasteiger partial charge in [0.2, 0.25) is 0 Å². The topological polar surface area (TPSA) is 89.8 Å². The van der Waals surface area contributed by atoms with Crippen LogP contribution in [-0.2, 0) is 6.54 Å². The third kappa shape index (κ3) is 4.17. The van der Waals surface area contributed by atoms with Gasteiger partial charge in [0, 0.05) is 17.7 Å². The van der Waals surface area contributed by atoms with E-state index in [1.165, 1.54) is 20.5 Å². The van der Waals surface area contributed by atoms with Crippen molar-refractivity contribution in [3.05, 3.63) is 63.7 Å². The predicted octanol–water partition coefficient (Wildman–Crippen LogP) is 3.85. The summed E-state index contributed by atoms with van der Waals surface area (Å²) in [4.78, 5) is 25.1. The second-order valence-corrected chi connectivity index (χ2v) is 6.74. The van der Waals surface area contributed by atoms with Crippen LogP contribution in [0.5, 0.6) is 11.5 Å². The molecule has 0 aliphatic rings. The maximum absolute atomic E-state index is 12.6. The second-order valence-electron chi connectivity index (χ2n) is 5.96. The van der Waals surface area contributed by atoms with Crippen molar-refractivity contribution in [3.63, 3.8) is 0 Å². The Balaban J connectivity index is 1.87. The molecule has 0 saturated heterocycles. The van der Waals surface area contributed by atoms with E-state index in [0.29, 0.717) is 34.9 Å². The van der Waals surface area contributed by atoms with E-state index in [-0.39, 0.29) is 11.7 Å². The highest BCUT2D eigenvalue weighted by Gasteiger charge is 2.20. The molecule has 28 heavy (non-hydrogen) atoms. The maximum atomic E-state index is 12.6. The summed E-state index contributed by atoms with van der Waals surface area (Å²) in [6.45, 7) is 2.18. The Morgan fingerprint density at radius 1 is 1.14 bits per heavy atom. The number of rotatable bonds is 7. The van der Waals surface area contributed by atoms with Crippen molar-refractivity contribution in [3.8, 4) is 11.5 Å². The number of methoxy groups -OCH3 is 2. The molecule has 0 fully saturated rings. The Kier molecular flexibility index (Phi) is 6.00. The monoisotopic (exact) mass is 400 g/mol. The third-order valence-electron chi connectivity index (χ3n) is 4.09. The zero-order chi connectivity index (χ0) is 20.1. The minimum atomic E-state index is -0.446. The standard InChI is InChI=1S/C20H20N2O5S/c1-12-4-6-27-17(12)20(24)22-15-8-14(9-16(25-2)18(15)26-3)19(23)21-10-13-5-7-28-11-13/h4-9,11H,10H2,1-3H3,(H,21,23)(H,22,24). The van der Waals surface area contributed by atoms with E-state index in [1.54, 1.807) is 36.5 Å². The number of amides is 2. The van der Waals surface area contributed by atoms with Crippen molar-refractivity contribution < 1.29 is 23.5 Å². The molecule has 7 nitrogen and oxygen atoms in total. The van der Waals surface area contributed by atoms with Gasteiger partial charge >= 0.3 is 0 Å². The van der Waals surface area contributed by atoms with Gasteiger partial charge in [0.05, 0.1) is 26.2 Å². The molecule has 0 atom stereocenters. The molecule has 8 heteroatoms. The predicted molar refractivity (Wildman–Crippen MR) is 106 cm³/mol. The Labute approximate surface area is 166 Å². The van der Waals surface area contributed by atoms with Gasteiger partial charge in [-0.3, -0.25) is 9.59 Å². The Morgan fingerprint density at radius 2 is 1.96 bits per heavy atom. The van der Waals surface area contributed by atoms with Crippen LogP contribution in [0.1, 0.15) is 32.0 Å². The molecule has 0 aliphatic heterocycles. The number of furan rings is 1. The van der Waals surface area contributed by atoms with Gasteiger partial charge in [0.25, 0.3) is 11.8 Å². The van der Waals surface area contributed by atoms with Gasteiger partial charge in [-0.2, -0.15) is 11.3 Å². The Bertz CT molecular complexity index is 979. The fraction of sp³-hybridized carbons (Fsp3) is 0.200. The minimum absolute atomic E-state index is 0.188. The van der Waals surface area contributed by atoms with Crippen molar-refractivity contribution in [2.45, 2.75) is 13.5 Å². The number of aryl methyl sites for hydroxylation is 1. The normalized spacial score (nSPS) is 10.4. The maximum Gasteiger partial charge on any atom is 0.291 e. The summed E-state index contributed by atoms with van der Waals surface area (Å²) < 4.78 is 15.9. The first-order chi connectivity index (χ1) is 13.5. The SMILES string of the molecule is COc1cc(C(=O)NCc2ccsc2)cc(NC(=O)c2occc2C)c1OC. The number of ether oxygens (including phenoxy) is 2. The number of anilines is 1. The highest BCUT2D eigenvalue weighted by molar-refractivity contribution is 7.07. The molecule has 2 heterocycles. The molecule has 0 aliphatic carbocycles. The van der Waals surface area contributed by atoms with E-state index < -0.39 is 5.91 Å². The summed E-state index contributed by atoms with van der Waals surface area (Å²) in [6, 6.07) is 6.74. The molecule has 0 bridgehead atoms. The van der Waals surface area contributed by atoms with Crippen LogP contribution in [0.3, 0.4) is 0 Å². The summed E-state index contributed by atoms with van der Waals surface area (Å²) in [7, 11) is 2.93. The molecule has 2 aromatic heterocycles. The largest absolute Gasteiger partial charge is 0.493 e. The molecule has 1 aromatic carbocycles. The van der Waals surface area contributed by atoms with E-state index in [2.05, 4.69) is 10.6 Å². The van der Waals surface area contributed by atoms with Gasteiger partial charge in [-0.1, -0.05) is 0 Å². The molecule has 2 N–H and O–H groups in total. The van der Waals surface area contributed by atoms with Crippen LogP contribution in [0.4, 0.5) is 5.69 Å². The summed E-state index contributed by atoms with van der Waals surface area (Å²) in [5, 5.41) is 9.49. The Hall–Kier alpha value is -3.26. The van der Waals surface area contributed by atoms with Gasteiger partial charge in [0.15, 0.2) is 17.3 Å². The first-order valence-corrected chi connectivity index (χ1v) is 9.38. The molecule has 0 unspecified atom stereocenters. The van der Waals surface area contributed by atoms with Crippen molar-refractivity contribution in [2.75, 3.05) is 19.5 Å². The number of carbonyl (C=O) groups excluding carboxylic acids is 2. The lowest BCUT2D eigenvalue weighted by molar-refractivity contribution is 0.0948. The molecule has 0 spiro atoms. The highest BCUT2D eigenvalue weighted by atomic mass is 32.1. The average Bonchev–Trinajstić information content (AvgIpc) is 3.36. The number of hydrogen-bond acceptors (Lipinski definition) is 6. The first kappa shape index (κ1) is 19.5. The van der Waals surface area contributed by atoms with E-state index >= 15 is 0 Å². The zero-order valence-electron chi connectivity index (χ0n) is 15.7. The Morgan fingerprint density at radius 3 is 2.57 bits per heavy atom. The molecule has 0 saturated carbocycles. The van der Waals surface area contributed by atoms with Crippen molar-refractivity contribution in [1.29, 1.82) is 0 Å². The lowest BCUT2D eigenvalue weighted by Gasteiger charge is -2.15. The fourth-order valence-electron chi connectivity index (χ4n) is 2.65. The average molecular weight is 400 g/mol. The molecule has 2 amide bonds. The van der Waals surface area contributed by atoms with Gasteiger partial charge in [-0.15, -0.1) is 0 Å². The van der Waals surface area contributed by atoms with E-state index in [4.69, 9.17) is 13.9 Å². The van der Waals surface area contributed by atoms with Gasteiger partial charge in [0.1, 0.15) is 0 Å². The first-order valence-electron chi connectivity index (χ1n) is 8.44. The number of benzene rings is 1. The summed E-state index contributed by atoms with van der Waals surface area (Å²) in [6.07, 6.45) is 1.44. The van der Waals surface area contributed by atoms with Crippen LogP contribution < -0.4 is 20.1 Å². The molecule has 3 rings (SSSR count). The van der Waals surface area contributed by atoms with Crippen LogP contribution in [0.25, 0.3) is 0 Å². The van der Waals surface area contributed by atoms with Crippen LogP contribution in [-0.4, -0.2) is 26.0 Å². The van der Waals surface area contributed by atoms with Crippen molar-refractivity contribution in [1.82, 2.24) is 5.32 Å². The van der Waals surface area contributed by atoms with E-state index in [1.807, 2.05) is 16.8 Å². The van der Waals surface area contributed by atoms with Gasteiger partial charge in [-0.25, -0.2) is 0 Å². The molecular weight excluding hydrogens is 380 g/mol. The smallest absolute Gasteiger partial charge is 0.291 e. The van der Waals surface area contributed by atoms with Crippen LogP contribution in [0, 0.1) is 6.92 Å². The van der Waals surface area contributed by atoms with Crippen molar-refractivity contribution in [2.24, 2.45) is 0 Å².